The molecule has 162 valence electrons. The number of ether oxygens (including phenoxy) is 2. The van der Waals surface area contributed by atoms with Crippen molar-refractivity contribution in [3.8, 4) is 17.6 Å². The molecule has 0 aliphatic rings. The Morgan fingerprint density at radius 3 is 2.48 bits per heavy atom. The number of carbonyl (C=O) groups is 1. The van der Waals surface area contributed by atoms with Crippen molar-refractivity contribution < 1.29 is 14.3 Å². The van der Waals surface area contributed by atoms with Gasteiger partial charge in [-0.1, -0.05) is 72.3 Å². The number of methoxy groups -OCH3 is 1. The zero-order valence-electron chi connectivity index (χ0n) is 17.9. The first-order chi connectivity index (χ1) is 16.1. The molecule has 0 saturated heterocycles. The fourth-order valence-electron chi connectivity index (χ4n) is 3.60. The van der Waals surface area contributed by atoms with Gasteiger partial charge in [0.2, 0.25) is 0 Å². The molecule has 4 rings (SSSR count). The first-order valence-electron chi connectivity index (χ1n) is 10.3. The topological polar surface area (TPSA) is 59.3 Å². The van der Waals surface area contributed by atoms with Gasteiger partial charge in [-0.05, 0) is 57.8 Å². The summed E-state index contributed by atoms with van der Waals surface area (Å²) in [5.41, 5.74) is 2.88. The van der Waals surface area contributed by atoms with Gasteiger partial charge in [0, 0.05) is 5.02 Å². The summed E-state index contributed by atoms with van der Waals surface area (Å²) in [6.07, 6.45) is 1.88. The van der Waals surface area contributed by atoms with Crippen LogP contribution in [0.15, 0.2) is 84.9 Å². The lowest BCUT2D eigenvalue weighted by molar-refractivity contribution is -0.133. The zero-order chi connectivity index (χ0) is 23.2. The van der Waals surface area contributed by atoms with E-state index in [2.05, 4.69) is 6.07 Å². The van der Waals surface area contributed by atoms with Crippen molar-refractivity contribution in [1.82, 2.24) is 0 Å². The van der Waals surface area contributed by atoms with E-state index in [9.17, 15) is 10.1 Å². The van der Waals surface area contributed by atoms with Gasteiger partial charge in [-0.3, -0.25) is 4.79 Å². The summed E-state index contributed by atoms with van der Waals surface area (Å²) in [6, 6.07) is 28.2. The quantitative estimate of drug-likeness (QED) is 0.141. The molecule has 0 spiro atoms. The Hall–Kier alpha value is -4.07. The number of esters is 1. The van der Waals surface area contributed by atoms with E-state index in [-0.39, 0.29) is 12.4 Å². The molecule has 0 aliphatic carbocycles. The molecule has 0 heterocycles. The number of nitriles is 1. The first kappa shape index (κ1) is 22.1. The third kappa shape index (κ3) is 5.23. The van der Waals surface area contributed by atoms with Gasteiger partial charge in [0.15, 0.2) is 11.5 Å². The molecule has 0 bridgehead atoms. The van der Waals surface area contributed by atoms with Gasteiger partial charge in [-0.15, -0.1) is 0 Å². The molecule has 5 heteroatoms. The Morgan fingerprint density at radius 1 is 0.970 bits per heavy atom. The zero-order valence-corrected chi connectivity index (χ0v) is 18.7. The Balaban J connectivity index is 1.55. The molecule has 0 unspecified atom stereocenters. The average Bonchev–Trinajstić information content (AvgIpc) is 2.84. The molecule has 0 N–H and O–H groups in total. The SMILES string of the molecule is COc1cc(/C=C(\C#N)c2ccc(Cl)cc2)ccc1OC(=O)Cc1cccc2ccccc12. The standard InChI is InChI=1S/C28H20ClNO3/c1-32-27-16-19(15-23(18-30)20-10-12-24(29)13-11-20)9-14-26(27)33-28(31)17-22-7-4-6-21-5-2-3-8-25(21)22/h2-16H,17H2,1H3/b23-15+. The van der Waals surface area contributed by atoms with Gasteiger partial charge in [0.25, 0.3) is 0 Å². The molecule has 0 radical (unpaired) electrons. The highest BCUT2D eigenvalue weighted by atomic mass is 35.5. The molecule has 0 atom stereocenters. The minimum absolute atomic E-state index is 0.140. The van der Waals surface area contributed by atoms with E-state index in [0.29, 0.717) is 22.1 Å². The lowest BCUT2D eigenvalue weighted by Gasteiger charge is -2.11. The van der Waals surface area contributed by atoms with Crippen LogP contribution in [0.1, 0.15) is 16.7 Å². The Morgan fingerprint density at radius 2 is 1.73 bits per heavy atom. The highest BCUT2D eigenvalue weighted by molar-refractivity contribution is 6.30. The van der Waals surface area contributed by atoms with Crippen LogP contribution in [-0.4, -0.2) is 13.1 Å². The fourth-order valence-corrected chi connectivity index (χ4v) is 3.72. The minimum atomic E-state index is -0.383. The van der Waals surface area contributed by atoms with Crippen molar-refractivity contribution in [2.45, 2.75) is 6.42 Å². The number of carbonyl (C=O) groups excluding carboxylic acids is 1. The summed E-state index contributed by atoms with van der Waals surface area (Å²) in [6.45, 7) is 0. The van der Waals surface area contributed by atoms with Crippen molar-refractivity contribution in [2.24, 2.45) is 0 Å². The number of halogens is 1. The summed E-state index contributed by atoms with van der Waals surface area (Å²) in [7, 11) is 1.51. The largest absolute Gasteiger partial charge is 0.493 e. The van der Waals surface area contributed by atoms with Gasteiger partial charge in [-0.25, -0.2) is 0 Å². The maximum absolute atomic E-state index is 12.7. The maximum Gasteiger partial charge on any atom is 0.315 e. The van der Waals surface area contributed by atoms with Crippen molar-refractivity contribution >= 4 is 40.0 Å². The van der Waals surface area contributed by atoms with E-state index >= 15 is 0 Å². The number of nitrogens with zero attached hydrogens (tertiary/aromatic N) is 1. The van der Waals surface area contributed by atoms with Gasteiger partial charge in [-0.2, -0.15) is 5.26 Å². The van der Waals surface area contributed by atoms with Crippen LogP contribution in [0, 0.1) is 11.3 Å². The molecular formula is C28H20ClNO3. The monoisotopic (exact) mass is 453 g/mol. The third-order valence-electron chi connectivity index (χ3n) is 5.21. The molecule has 0 saturated carbocycles. The van der Waals surface area contributed by atoms with Crippen LogP contribution in [0.3, 0.4) is 0 Å². The molecule has 4 nitrogen and oxygen atoms in total. The third-order valence-corrected chi connectivity index (χ3v) is 5.46. The summed E-state index contributed by atoms with van der Waals surface area (Å²) in [5.74, 6) is 0.347. The van der Waals surface area contributed by atoms with Gasteiger partial charge in [0.05, 0.1) is 25.2 Å². The van der Waals surface area contributed by atoms with Gasteiger partial charge in [0.1, 0.15) is 0 Å². The summed E-state index contributed by atoms with van der Waals surface area (Å²) in [4.78, 5) is 12.7. The van der Waals surface area contributed by atoms with E-state index in [4.69, 9.17) is 21.1 Å². The number of hydrogen-bond donors (Lipinski definition) is 0. The number of rotatable bonds is 6. The summed E-state index contributed by atoms with van der Waals surface area (Å²) >= 11 is 5.94. The van der Waals surface area contributed by atoms with Crippen LogP contribution >= 0.6 is 11.6 Å². The highest BCUT2D eigenvalue weighted by Gasteiger charge is 2.13. The van der Waals surface area contributed by atoms with Gasteiger partial charge < -0.3 is 9.47 Å². The van der Waals surface area contributed by atoms with E-state index in [1.54, 1.807) is 48.5 Å². The second-order valence-electron chi connectivity index (χ2n) is 7.38. The number of hydrogen-bond acceptors (Lipinski definition) is 4. The predicted octanol–water partition coefficient (Wildman–Crippen LogP) is 6.71. The van der Waals surface area contributed by atoms with Crippen molar-refractivity contribution in [3.63, 3.8) is 0 Å². The highest BCUT2D eigenvalue weighted by Crippen LogP contribution is 2.31. The second kappa shape index (κ2) is 10.0. The summed E-state index contributed by atoms with van der Waals surface area (Å²) < 4.78 is 11.0. The number of benzene rings is 4. The van der Waals surface area contributed by atoms with E-state index in [1.165, 1.54) is 7.11 Å². The number of allylic oxidation sites excluding steroid dienone is 1. The lowest BCUT2D eigenvalue weighted by Crippen LogP contribution is -2.12. The smallest absolute Gasteiger partial charge is 0.315 e. The predicted molar refractivity (Wildman–Crippen MR) is 131 cm³/mol. The Kier molecular flexibility index (Phi) is 6.73. The normalized spacial score (nSPS) is 11.1. The molecule has 4 aromatic rings. The van der Waals surface area contributed by atoms with E-state index in [0.717, 1.165) is 27.5 Å². The van der Waals surface area contributed by atoms with Crippen LogP contribution < -0.4 is 9.47 Å². The minimum Gasteiger partial charge on any atom is -0.493 e. The Bertz CT molecular complexity index is 1380. The van der Waals surface area contributed by atoms with E-state index < -0.39 is 0 Å². The van der Waals surface area contributed by atoms with Crippen molar-refractivity contribution in [3.05, 3.63) is 107 Å². The second-order valence-corrected chi connectivity index (χ2v) is 7.81. The van der Waals surface area contributed by atoms with Crippen molar-refractivity contribution in [2.75, 3.05) is 7.11 Å². The average molecular weight is 454 g/mol. The molecule has 0 aliphatic heterocycles. The van der Waals surface area contributed by atoms with Crippen LogP contribution in [0.5, 0.6) is 11.5 Å². The molecular weight excluding hydrogens is 434 g/mol. The molecule has 33 heavy (non-hydrogen) atoms. The van der Waals surface area contributed by atoms with Crippen LogP contribution in [-0.2, 0) is 11.2 Å². The van der Waals surface area contributed by atoms with Crippen LogP contribution in [0.4, 0.5) is 0 Å². The van der Waals surface area contributed by atoms with E-state index in [1.807, 2.05) is 42.5 Å². The molecule has 0 fully saturated rings. The molecule has 4 aromatic carbocycles. The maximum atomic E-state index is 12.7. The van der Waals surface area contributed by atoms with Crippen LogP contribution in [0.25, 0.3) is 22.4 Å². The molecule has 0 aromatic heterocycles. The lowest BCUT2D eigenvalue weighted by atomic mass is 10.0. The van der Waals surface area contributed by atoms with Gasteiger partial charge >= 0.3 is 5.97 Å². The summed E-state index contributed by atoms with van der Waals surface area (Å²) in [5, 5.41) is 12.3. The number of fused-ring (bicyclic) bond motifs is 1. The van der Waals surface area contributed by atoms with Crippen molar-refractivity contribution in [1.29, 1.82) is 5.26 Å². The molecule has 0 amide bonds. The van der Waals surface area contributed by atoms with Crippen LogP contribution in [0.2, 0.25) is 5.02 Å². The Labute approximate surface area is 197 Å². The fraction of sp³-hybridized carbons (Fsp3) is 0.0714. The first-order valence-corrected chi connectivity index (χ1v) is 10.7.